The van der Waals surface area contributed by atoms with Gasteiger partial charge in [0.05, 0.1) is 16.3 Å². The molecule has 3 amide bonds. The van der Waals surface area contributed by atoms with Crippen LogP contribution in [0.2, 0.25) is 5.02 Å². The van der Waals surface area contributed by atoms with E-state index in [0.29, 0.717) is 34.2 Å². The molecular formula is C29H34ClN5O4. The number of nitrogens with one attached hydrogen (secondary N) is 3. The highest BCUT2D eigenvalue weighted by molar-refractivity contribution is 6.34. The van der Waals surface area contributed by atoms with Gasteiger partial charge in [-0.15, -0.1) is 0 Å². The number of anilines is 2. The number of aromatic nitrogens is 2. The van der Waals surface area contributed by atoms with E-state index in [2.05, 4.69) is 21.0 Å². The van der Waals surface area contributed by atoms with E-state index in [1.807, 2.05) is 39.0 Å². The molecule has 0 spiro atoms. The maximum Gasteiger partial charge on any atom is 0.407 e. The zero-order chi connectivity index (χ0) is 28.2. The van der Waals surface area contributed by atoms with Gasteiger partial charge in [0.25, 0.3) is 5.91 Å². The van der Waals surface area contributed by atoms with Crippen LogP contribution in [0, 0.1) is 5.92 Å². The molecule has 3 N–H and O–H groups in total. The van der Waals surface area contributed by atoms with Gasteiger partial charge in [-0.05, 0) is 64.3 Å². The second kappa shape index (κ2) is 11.9. The van der Waals surface area contributed by atoms with E-state index in [9.17, 15) is 14.4 Å². The second-order valence-corrected chi connectivity index (χ2v) is 11.2. The summed E-state index contributed by atoms with van der Waals surface area (Å²) < 4.78 is 6.98. The topological polar surface area (TPSA) is 114 Å². The van der Waals surface area contributed by atoms with Crippen molar-refractivity contribution in [3.8, 4) is 11.3 Å². The highest BCUT2D eigenvalue weighted by atomic mass is 35.5. The number of carbonyl (C=O) groups is 3. The van der Waals surface area contributed by atoms with E-state index >= 15 is 0 Å². The third-order valence-corrected chi connectivity index (χ3v) is 6.78. The van der Waals surface area contributed by atoms with Crippen molar-refractivity contribution < 1.29 is 19.1 Å². The molecule has 0 radical (unpaired) electrons. The summed E-state index contributed by atoms with van der Waals surface area (Å²) in [5.74, 6) is -0.0355. The Labute approximate surface area is 233 Å². The molecule has 0 aliphatic heterocycles. The Morgan fingerprint density at radius 3 is 2.44 bits per heavy atom. The number of hydrogen-bond donors (Lipinski definition) is 3. The molecule has 9 nitrogen and oxygen atoms in total. The van der Waals surface area contributed by atoms with Gasteiger partial charge in [0.1, 0.15) is 11.4 Å². The van der Waals surface area contributed by atoms with Crippen molar-refractivity contribution in [1.82, 2.24) is 15.1 Å². The van der Waals surface area contributed by atoms with Gasteiger partial charge in [-0.1, -0.05) is 42.3 Å². The molecule has 10 heteroatoms. The van der Waals surface area contributed by atoms with Crippen molar-refractivity contribution >= 4 is 41.0 Å². The van der Waals surface area contributed by atoms with Gasteiger partial charge in [-0.3, -0.25) is 14.3 Å². The van der Waals surface area contributed by atoms with E-state index in [0.717, 1.165) is 24.8 Å². The van der Waals surface area contributed by atoms with Crippen molar-refractivity contribution in [2.75, 3.05) is 10.6 Å². The molecule has 3 aromatic rings. The summed E-state index contributed by atoms with van der Waals surface area (Å²) in [7, 11) is 1.77. The molecule has 1 fully saturated rings. The lowest BCUT2D eigenvalue weighted by Crippen LogP contribution is -2.43. The molecule has 0 unspecified atom stereocenters. The highest BCUT2D eigenvalue weighted by Gasteiger charge is 2.30. The van der Waals surface area contributed by atoms with Gasteiger partial charge in [-0.25, -0.2) is 4.79 Å². The van der Waals surface area contributed by atoms with Crippen LogP contribution >= 0.6 is 11.6 Å². The summed E-state index contributed by atoms with van der Waals surface area (Å²) in [4.78, 5) is 37.7. The van der Waals surface area contributed by atoms with Crippen molar-refractivity contribution in [2.24, 2.45) is 13.0 Å². The first-order chi connectivity index (χ1) is 18.5. The summed E-state index contributed by atoms with van der Waals surface area (Å²) in [6.45, 7) is 5.46. The second-order valence-electron chi connectivity index (χ2n) is 10.7. The highest BCUT2D eigenvalue weighted by Crippen LogP contribution is 2.28. The van der Waals surface area contributed by atoms with Crippen LogP contribution in [0.1, 0.15) is 56.8 Å². The van der Waals surface area contributed by atoms with Crippen LogP contribution in [-0.2, 0) is 16.6 Å². The molecule has 1 aliphatic carbocycles. The Morgan fingerprint density at radius 1 is 1.03 bits per heavy atom. The summed E-state index contributed by atoms with van der Waals surface area (Å²) >= 11 is 6.12. The molecule has 1 saturated carbocycles. The van der Waals surface area contributed by atoms with Crippen molar-refractivity contribution in [2.45, 2.75) is 58.1 Å². The number of nitrogens with zero attached hydrogens (tertiary/aromatic N) is 2. The summed E-state index contributed by atoms with van der Waals surface area (Å²) in [5, 5.41) is 13.7. The van der Waals surface area contributed by atoms with E-state index in [4.69, 9.17) is 16.3 Å². The molecule has 1 heterocycles. The van der Waals surface area contributed by atoms with Gasteiger partial charge in [0.2, 0.25) is 5.91 Å². The van der Waals surface area contributed by atoms with Crippen LogP contribution in [0.15, 0.2) is 54.6 Å². The Hall–Kier alpha value is -3.85. The standard InChI is InChI=1S/C29H34ClN5O4/c1-29(2,3)39-28(38)32-21-9-7-8-19(16-21)26(36)33-25-17-24(34-35(25)4)18-12-14-20(15-13-18)31-27(37)22-10-5-6-11-23(22)30/h5-6,10-15,17,19,21H,7-9,16H2,1-4H3,(H,31,37)(H,32,38)(H,33,36)/t19-,21-/m0/s1. The normalized spacial score (nSPS) is 17.3. The Bertz CT molecular complexity index is 1350. The molecule has 0 saturated heterocycles. The number of amides is 3. The summed E-state index contributed by atoms with van der Waals surface area (Å²) in [6.07, 6.45) is 2.50. The molecule has 0 bridgehead atoms. The predicted molar refractivity (Wildman–Crippen MR) is 152 cm³/mol. The van der Waals surface area contributed by atoms with Gasteiger partial charge < -0.3 is 20.7 Å². The third kappa shape index (κ3) is 7.60. The van der Waals surface area contributed by atoms with E-state index in [1.54, 1.807) is 48.1 Å². The number of carbonyl (C=O) groups excluding carboxylic acids is 3. The Morgan fingerprint density at radius 2 is 1.74 bits per heavy atom. The van der Waals surface area contributed by atoms with Crippen LogP contribution in [0.25, 0.3) is 11.3 Å². The quantitative estimate of drug-likeness (QED) is 0.347. The molecule has 1 aromatic heterocycles. The molecule has 206 valence electrons. The monoisotopic (exact) mass is 551 g/mol. The molecule has 2 aromatic carbocycles. The lowest BCUT2D eigenvalue weighted by Gasteiger charge is -2.30. The zero-order valence-electron chi connectivity index (χ0n) is 22.6. The van der Waals surface area contributed by atoms with Crippen LogP contribution < -0.4 is 16.0 Å². The first kappa shape index (κ1) is 28.2. The largest absolute Gasteiger partial charge is 0.444 e. The minimum atomic E-state index is -0.572. The fourth-order valence-electron chi connectivity index (χ4n) is 4.55. The number of halogens is 1. The number of benzene rings is 2. The first-order valence-electron chi connectivity index (χ1n) is 13.0. The average Bonchev–Trinajstić information content (AvgIpc) is 3.23. The lowest BCUT2D eigenvalue weighted by molar-refractivity contribution is -0.121. The fourth-order valence-corrected chi connectivity index (χ4v) is 4.78. The molecular weight excluding hydrogens is 518 g/mol. The zero-order valence-corrected chi connectivity index (χ0v) is 23.3. The first-order valence-corrected chi connectivity index (χ1v) is 13.4. The van der Waals surface area contributed by atoms with Crippen molar-refractivity contribution in [3.05, 3.63) is 65.2 Å². The minimum absolute atomic E-state index is 0.0992. The van der Waals surface area contributed by atoms with Crippen molar-refractivity contribution in [1.29, 1.82) is 0 Å². The van der Waals surface area contributed by atoms with Gasteiger partial charge >= 0.3 is 6.09 Å². The smallest absolute Gasteiger partial charge is 0.407 e. The number of alkyl carbamates (subject to hydrolysis) is 1. The Balaban J connectivity index is 1.35. The molecule has 4 rings (SSSR count). The van der Waals surface area contributed by atoms with Gasteiger partial charge in [-0.2, -0.15) is 5.10 Å². The van der Waals surface area contributed by atoms with Crippen LogP contribution in [0.3, 0.4) is 0 Å². The summed E-state index contributed by atoms with van der Waals surface area (Å²) in [6, 6.07) is 15.9. The van der Waals surface area contributed by atoms with Gasteiger partial charge in [0.15, 0.2) is 0 Å². The molecule has 39 heavy (non-hydrogen) atoms. The van der Waals surface area contributed by atoms with Crippen LogP contribution in [0.4, 0.5) is 16.3 Å². The van der Waals surface area contributed by atoms with E-state index in [1.165, 1.54) is 0 Å². The SMILES string of the molecule is Cn1nc(-c2ccc(NC(=O)c3ccccc3Cl)cc2)cc1NC(=O)[C@H]1CCC[C@H](NC(=O)OC(C)(C)C)C1. The van der Waals surface area contributed by atoms with Crippen LogP contribution in [0.5, 0.6) is 0 Å². The van der Waals surface area contributed by atoms with Crippen molar-refractivity contribution in [3.63, 3.8) is 0 Å². The van der Waals surface area contributed by atoms with E-state index in [-0.39, 0.29) is 23.8 Å². The number of hydrogen-bond acceptors (Lipinski definition) is 5. The maximum atomic E-state index is 13.1. The van der Waals surface area contributed by atoms with Crippen LogP contribution in [-0.4, -0.2) is 39.3 Å². The predicted octanol–water partition coefficient (Wildman–Crippen LogP) is 6.01. The maximum absolute atomic E-state index is 13.1. The lowest BCUT2D eigenvalue weighted by atomic mass is 9.85. The summed E-state index contributed by atoms with van der Waals surface area (Å²) in [5.41, 5.74) is 1.97. The average molecular weight is 552 g/mol. The third-order valence-electron chi connectivity index (χ3n) is 6.45. The molecule has 2 atom stereocenters. The number of ether oxygens (including phenoxy) is 1. The molecule has 1 aliphatic rings. The number of aryl methyl sites for hydroxylation is 1. The fraction of sp³-hybridized carbons (Fsp3) is 0.379. The van der Waals surface area contributed by atoms with E-state index < -0.39 is 11.7 Å². The Kier molecular flexibility index (Phi) is 8.60. The number of rotatable bonds is 6. The minimum Gasteiger partial charge on any atom is -0.444 e. The van der Waals surface area contributed by atoms with Gasteiger partial charge in [0, 0.05) is 36.3 Å².